The van der Waals surface area contributed by atoms with E-state index in [0.29, 0.717) is 82.5 Å². The minimum absolute atomic E-state index is 0.00917. The third-order valence-corrected chi connectivity index (χ3v) is 12.9. The summed E-state index contributed by atoms with van der Waals surface area (Å²) < 4.78 is 81.4. The molecule has 0 radical (unpaired) electrons. The molecular weight excluding hydrogens is 983 g/mol. The van der Waals surface area contributed by atoms with Crippen molar-refractivity contribution < 1.29 is 79.8 Å². The standard InChI is InChI=1S/C44H62N6O7S.2C2HF3O2/c1-4-5-7-32(2)50(23-19-45-18-12-36-10-11-38(51)41-42(36)56-29-39(52)47-41)40(53)15-26-55-25-14-35-9-6-8-34(28-35)13-20-48-21-16-44(17-22-48)31-49(24-27-57-44)43(54)37-30-58-33(3)46-37;2*3-2(4,5)1(6)7/h6,8-11,28,30,32,45,51H,4-5,7,12-27,29,31H2,1-3H3,(H,47,52);2*(H,6,7)/t32-;;/m1../s1. The van der Waals surface area contributed by atoms with Crippen molar-refractivity contribution in [3.8, 4) is 11.5 Å². The number of thiazole rings is 1. The molecule has 3 aliphatic rings. The first kappa shape index (κ1) is 59.0. The lowest BCUT2D eigenvalue weighted by Crippen LogP contribution is -2.58. The lowest BCUT2D eigenvalue weighted by Gasteiger charge is -2.47. The first-order valence-electron chi connectivity index (χ1n) is 23.6. The Bertz CT molecular complexity index is 2230. The lowest BCUT2D eigenvalue weighted by atomic mass is 9.89. The van der Waals surface area contributed by atoms with Crippen LogP contribution in [0, 0.1) is 6.92 Å². The number of phenolic OH excluding ortho intramolecular Hbond substituents is 1. The van der Waals surface area contributed by atoms with Gasteiger partial charge in [0.05, 0.1) is 43.4 Å². The molecule has 6 rings (SSSR count). The zero-order valence-electron chi connectivity index (χ0n) is 40.5. The number of alkyl halides is 6. The van der Waals surface area contributed by atoms with Crippen LogP contribution in [-0.2, 0) is 47.9 Å². The third kappa shape index (κ3) is 19.1. The van der Waals surface area contributed by atoms with Gasteiger partial charge >= 0.3 is 24.3 Å². The molecule has 4 heterocycles. The highest BCUT2D eigenvalue weighted by Crippen LogP contribution is 2.39. The number of likely N-dealkylation sites (tertiary alicyclic amines) is 1. The zero-order valence-corrected chi connectivity index (χ0v) is 41.4. The molecule has 72 heavy (non-hydrogen) atoms. The largest absolute Gasteiger partial charge is 0.506 e. The lowest BCUT2D eigenvalue weighted by molar-refractivity contribution is -0.193. The second kappa shape index (κ2) is 28.0. The van der Waals surface area contributed by atoms with E-state index in [0.717, 1.165) is 75.2 Å². The van der Waals surface area contributed by atoms with Crippen molar-refractivity contribution in [3.05, 3.63) is 69.2 Å². The van der Waals surface area contributed by atoms with E-state index in [2.05, 4.69) is 58.6 Å². The molecule has 2 fully saturated rings. The van der Waals surface area contributed by atoms with Crippen molar-refractivity contribution in [2.45, 2.75) is 103 Å². The van der Waals surface area contributed by atoms with E-state index in [1.165, 1.54) is 22.5 Å². The Morgan fingerprint density at radius 1 is 0.972 bits per heavy atom. The first-order chi connectivity index (χ1) is 34.0. The minimum Gasteiger partial charge on any atom is -0.506 e. The summed E-state index contributed by atoms with van der Waals surface area (Å²) in [5.41, 5.74) is 4.06. The summed E-state index contributed by atoms with van der Waals surface area (Å²) in [5, 5.41) is 33.3. The van der Waals surface area contributed by atoms with Crippen molar-refractivity contribution in [2.75, 3.05) is 84.1 Å². The summed E-state index contributed by atoms with van der Waals surface area (Å²) in [4.78, 5) is 66.9. The number of aromatic hydroxyl groups is 1. The van der Waals surface area contributed by atoms with E-state index < -0.39 is 24.3 Å². The number of aliphatic carboxylic acids is 2. The second-order valence-electron chi connectivity index (χ2n) is 17.5. The molecule has 1 spiro atoms. The normalized spacial score (nSPS) is 16.0. The maximum Gasteiger partial charge on any atom is 0.490 e. The molecule has 3 aliphatic heterocycles. The number of morpholine rings is 1. The first-order valence-corrected chi connectivity index (χ1v) is 24.5. The topological polar surface area (TPSA) is 220 Å². The van der Waals surface area contributed by atoms with Gasteiger partial charge in [-0.2, -0.15) is 26.3 Å². The summed E-state index contributed by atoms with van der Waals surface area (Å²) in [6.45, 7) is 13.8. The molecule has 0 saturated carbocycles. The number of aryl methyl sites for hydroxylation is 1. The molecule has 24 heteroatoms. The number of hydrogen-bond donors (Lipinski definition) is 5. The SMILES string of the molecule is CCCC[C@@H](C)N(CCNCCc1ccc(O)c2c1OCC(=O)N2)C(=O)CCOCCc1cccc(CCN2CCC3(CC2)CN(C(=O)c2csc(C)n2)CCO3)c1.O=C(O)C(F)(F)F.O=C(O)C(F)(F)F. The number of amides is 3. The van der Waals surface area contributed by atoms with Gasteiger partial charge in [-0.3, -0.25) is 14.4 Å². The van der Waals surface area contributed by atoms with Crippen LogP contribution in [-0.4, -0.2) is 167 Å². The number of fused-ring (bicyclic) bond motifs is 1. The Labute approximate surface area is 417 Å². The van der Waals surface area contributed by atoms with Crippen LogP contribution in [0.3, 0.4) is 0 Å². The quantitative estimate of drug-likeness (QED) is 0.0464. The smallest absolute Gasteiger partial charge is 0.490 e. The van der Waals surface area contributed by atoms with Crippen LogP contribution in [0.25, 0.3) is 0 Å². The maximum absolute atomic E-state index is 13.4. The number of benzene rings is 2. The number of rotatable bonds is 20. The van der Waals surface area contributed by atoms with Gasteiger partial charge in [0.25, 0.3) is 11.8 Å². The maximum atomic E-state index is 13.4. The van der Waals surface area contributed by atoms with Gasteiger partial charge < -0.3 is 54.9 Å². The van der Waals surface area contributed by atoms with E-state index in [1.807, 2.05) is 28.2 Å². The molecule has 3 aromatic rings. The van der Waals surface area contributed by atoms with Gasteiger partial charge in [-0.1, -0.05) is 50.1 Å². The van der Waals surface area contributed by atoms with E-state index in [1.54, 1.807) is 6.07 Å². The number of unbranched alkanes of at least 4 members (excludes halogenated alkanes) is 1. The molecule has 2 aromatic carbocycles. The van der Waals surface area contributed by atoms with Gasteiger partial charge in [0.15, 0.2) is 12.4 Å². The predicted octanol–water partition coefficient (Wildman–Crippen LogP) is 6.49. The number of aromatic nitrogens is 1. The molecule has 0 unspecified atom stereocenters. The van der Waals surface area contributed by atoms with Gasteiger partial charge in [0.2, 0.25) is 5.91 Å². The van der Waals surface area contributed by atoms with Crippen LogP contribution >= 0.6 is 11.3 Å². The number of ether oxygens (including phenoxy) is 3. The molecule has 1 atom stereocenters. The van der Waals surface area contributed by atoms with Crippen molar-refractivity contribution in [1.29, 1.82) is 0 Å². The second-order valence-corrected chi connectivity index (χ2v) is 18.6. The number of nitrogens with one attached hydrogen (secondary N) is 2. The monoisotopic (exact) mass is 1050 g/mol. The average molecular weight is 1050 g/mol. The van der Waals surface area contributed by atoms with Crippen LogP contribution in [0.5, 0.6) is 11.5 Å². The van der Waals surface area contributed by atoms with Crippen molar-refractivity contribution in [3.63, 3.8) is 0 Å². The Balaban J connectivity index is 0.000000703. The highest BCUT2D eigenvalue weighted by molar-refractivity contribution is 7.09. The van der Waals surface area contributed by atoms with Gasteiger partial charge in [-0.15, -0.1) is 11.3 Å². The van der Waals surface area contributed by atoms with Gasteiger partial charge in [-0.25, -0.2) is 14.6 Å². The molecule has 1 aromatic heterocycles. The molecule has 17 nitrogen and oxygen atoms in total. The minimum atomic E-state index is -5.08. The van der Waals surface area contributed by atoms with E-state index in [9.17, 15) is 45.8 Å². The zero-order chi connectivity index (χ0) is 53.1. The third-order valence-electron chi connectivity index (χ3n) is 12.1. The summed E-state index contributed by atoms with van der Waals surface area (Å²) in [6.07, 6.45) is -2.44. The fourth-order valence-corrected chi connectivity index (χ4v) is 8.74. The van der Waals surface area contributed by atoms with Crippen LogP contribution in [0.4, 0.5) is 32.0 Å². The Morgan fingerprint density at radius 3 is 2.26 bits per heavy atom. The number of carboxylic acids is 2. The van der Waals surface area contributed by atoms with Crippen molar-refractivity contribution >= 4 is 46.7 Å². The Hall–Kier alpha value is -5.56. The van der Waals surface area contributed by atoms with E-state index in [4.69, 9.17) is 34.0 Å². The van der Waals surface area contributed by atoms with Crippen molar-refractivity contribution in [2.24, 2.45) is 0 Å². The molecule has 2 saturated heterocycles. The number of phenols is 1. The molecule has 5 N–H and O–H groups in total. The molecule has 3 amide bonds. The molecule has 0 aliphatic carbocycles. The predicted molar refractivity (Wildman–Crippen MR) is 253 cm³/mol. The highest BCUT2D eigenvalue weighted by Gasteiger charge is 2.42. The number of carbonyl (C=O) groups is 5. The number of hydrogen-bond acceptors (Lipinski definition) is 13. The van der Waals surface area contributed by atoms with Gasteiger partial charge in [-0.05, 0) is 81.7 Å². The number of nitrogens with zero attached hydrogens (tertiary/aromatic N) is 4. The van der Waals surface area contributed by atoms with Crippen molar-refractivity contribution in [1.82, 2.24) is 25.0 Å². The highest BCUT2D eigenvalue weighted by atomic mass is 32.1. The number of anilines is 1. The Kier molecular flexibility index (Phi) is 23.0. The van der Waals surface area contributed by atoms with Gasteiger partial charge in [0, 0.05) is 50.7 Å². The fourth-order valence-electron chi connectivity index (χ4n) is 8.16. The summed E-state index contributed by atoms with van der Waals surface area (Å²) in [7, 11) is 0. The van der Waals surface area contributed by atoms with Crippen LogP contribution in [0.15, 0.2) is 41.8 Å². The number of carboxylic acid groups (broad SMARTS) is 2. The molecule has 400 valence electrons. The van der Waals surface area contributed by atoms with E-state index in [-0.39, 0.29) is 41.7 Å². The number of carbonyl (C=O) groups excluding carboxylic acids is 3. The van der Waals surface area contributed by atoms with Gasteiger partial charge in [0.1, 0.15) is 17.1 Å². The van der Waals surface area contributed by atoms with Crippen LogP contribution < -0.4 is 15.4 Å². The Morgan fingerprint density at radius 2 is 1.64 bits per heavy atom. The fraction of sp³-hybridized carbons (Fsp3) is 0.583. The summed E-state index contributed by atoms with van der Waals surface area (Å²) >= 11 is 1.51. The average Bonchev–Trinajstić information content (AvgIpc) is 3.78. The van der Waals surface area contributed by atoms with E-state index >= 15 is 0 Å². The molecule has 0 bridgehead atoms. The molecular formula is C48H64F6N6O11S. The van der Waals surface area contributed by atoms with Crippen LogP contribution in [0.2, 0.25) is 0 Å². The summed E-state index contributed by atoms with van der Waals surface area (Å²) in [5.74, 6) is -5.16. The number of piperidine rings is 1. The summed E-state index contributed by atoms with van der Waals surface area (Å²) in [6, 6.07) is 12.3. The van der Waals surface area contributed by atoms with Crippen LogP contribution in [0.1, 0.15) is 84.6 Å². The number of halogens is 6.